The molecule has 0 unspecified atom stereocenters. The summed E-state index contributed by atoms with van der Waals surface area (Å²) in [6, 6.07) is 17.5. The Bertz CT molecular complexity index is 1450. The summed E-state index contributed by atoms with van der Waals surface area (Å²) in [5.41, 5.74) is 2.77. The van der Waals surface area contributed by atoms with Gasteiger partial charge in [0, 0.05) is 18.1 Å². The molecule has 0 saturated carbocycles. The highest BCUT2D eigenvalue weighted by molar-refractivity contribution is 7.92. The van der Waals surface area contributed by atoms with Crippen LogP contribution in [0.25, 0.3) is 0 Å². The van der Waals surface area contributed by atoms with Crippen LogP contribution < -0.4 is 9.62 Å². The number of halogens is 2. The number of aryl methyl sites for hydroxylation is 2. The van der Waals surface area contributed by atoms with Crippen LogP contribution in [0.1, 0.15) is 43.4 Å². The lowest BCUT2D eigenvalue weighted by Crippen LogP contribution is -2.51. The number of anilines is 1. The average molecular weight is 605 g/mol. The van der Waals surface area contributed by atoms with Crippen molar-refractivity contribution in [2.24, 2.45) is 0 Å². The van der Waals surface area contributed by atoms with Gasteiger partial charge in [0.25, 0.3) is 10.0 Å². The SMILES string of the molecule is CCCCNC(=O)[C@@H](C)N(Cc1cccc(C)c1)C(=O)CN(c1cc(Cl)ccc1Cl)S(=O)(=O)c1ccc(C)cc1. The van der Waals surface area contributed by atoms with Gasteiger partial charge in [-0.05, 0) is 63.1 Å². The van der Waals surface area contributed by atoms with Gasteiger partial charge in [-0.2, -0.15) is 0 Å². The van der Waals surface area contributed by atoms with E-state index in [4.69, 9.17) is 23.2 Å². The van der Waals surface area contributed by atoms with Crippen LogP contribution in [0.15, 0.2) is 71.6 Å². The highest BCUT2D eigenvalue weighted by atomic mass is 35.5. The Hall–Kier alpha value is -3.07. The highest BCUT2D eigenvalue weighted by Gasteiger charge is 2.33. The molecule has 3 aromatic carbocycles. The third kappa shape index (κ3) is 7.99. The number of hydrogen-bond donors (Lipinski definition) is 1. The zero-order chi connectivity index (χ0) is 29.4. The molecule has 1 atom stereocenters. The molecule has 1 N–H and O–H groups in total. The second kappa shape index (κ2) is 14.0. The standard InChI is InChI=1S/C30H35Cl2N3O4S/c1-5-6-16-33-30(37)23(4)34(19-24-9-7-8-22(3)17-24)29(36)20-35(28-18-25(31)12-15-27(28)32)40(38,39)26-13-10-21(2)11-14-26/h7-15,17-18,23H,5-6,16,19-20H2,1-4H3,(H,33,37)/t23-/m1/s1. The predicted octanol–water partition coefficient (Wildman–Crippen LogP) is 6.14. The number of benzene rings is 3. The number of carbonyl (C=O) groups is 2. The van der Waals surface area contributed by atoms with E-state index in [2.05, 4.69) is 5.32 Å². The van der Waals surface area contributed by atoms with Crippen molar-refractivity contribution in [2.45, 2.75) is 58.0 Å². The summed E-state index contributed by atoms with van der Waals surface area (Å²) in [6.45, 7) is 7.46. The quantitative estimate of drug-likeness (QED) is 0.252. The Morgan fingerprint density at radius 1 is 0.950 bits per heavy atom. The molecule has 0 aliphatic rings. The van der Waals surface area contributed by atoms with Crippen LogP contribution in [0, 0.1) is 13.8 Å². The largest absolute Gasteiger partial charge is 0.354 e. The average Bonchev–Trinajstić information content (AvgIpc) is 2.91. The van der Waals surface area contributed by atoms with Crippen LogP contribution in [-0.4, -0.2) is 44.3 Å². The molecule has 0 aliphatic carbocycles. The molecule has 40 heavy (non-hydrogen) atoms. The minimum Gasteiger partial charge on any atom is -0.354 e. The molecule has 0 heterocycles. The lowest BCUT2D eigenvalue weighted by atomic mass is 10.1. The number of hydrogen-bond acceptors (Lipinski definition) is 4. The zero-order valence-electron chi connectivity index (χ0n) is 23.2. The molecule has 0 saturated heterocycles. The monoisotopic (exact) mass is 603 g/mol. The second-order valence-corrected chi connectivity index (χ2v) is 12.5. The van der Waals surface area contributed by atoms with Crippen molar-refractivity contribution >= 4 is 50.7 Å². The molecule has 2 amide bonds. The molecule has 10 heteroatoms. The van der Waals surface area contributed by atoms with Gasteiger partial charge in [0.05, 0.1) is 15.6 Å². The summed E-state index contributed by atoms with van der Waals surface area (Å²) in [4.78, 5) is 28.4. The summed E-state index contributed by atoms with van der Waals surface area (Å²) < 4.78 is 28.8. The van der Waals surface area contributed by atoms with Gasteiger partial charge in [0.1, 0.15) is 12.6 Å². The zero-order valence-corrected chi connectivity index (χ0v) is 25.5. The van der Waals surface area contributed by atoms with E-state index in [-0.39, 0.29) is 33.1 Å². The smallest absolute Gasteiger partial charge is 0.264 e. The van der Waals surface area contributed by atoms with E-state index in [9.17, 15) is 18.0 Å². The maximum atomic E-state index is 14.0. The van der Waals surface area contributed by atoms with E-state index in [1.807, 2.05) is 45.0 Å². The third-order valence-electron chi connectivity index (χ3n) is 6.50. The fourth-order valence-corrected chi connectivity index (χ4v) is 6.01. The number of rotatable bonds is 12. The molecule has 0 aromatic heterocycles. The molecule has 0 aliphatic heterocycles. The topological polar surface area (TPSA) is 86.8 Å². The number of nitrogens with one attached hydrogen (secondary N) is 1. The van der Waals surface area contributed by atoms with Gasteiger partial charge in [-0.3, -0.25) is 13.9 Å². The fraction of sp³-hybridized carbons (Fsp3) is 0.333. The molecule has 0 spiro atoms. The Morgan fingerprint density at radius 3 is 2.30 bits per heavy atom. The lowest BCUT2D eigenvalue weighted by molar-refractivity contribution is -0.139. The van der Waals surface area contributed by atoms with Gasteiger partial charge < -0.3 is 10.2 Å². The van der Waals surface area contributed by atoms with Gasteiger partial charge in [-0.25, -0.2) is 8.42 Å². The number of sulfonamides is 1. The molecule has 0 bridgehead atoms. The minimum atomic E-state index is -4.24. The van der Waals surface area contributed by atoms with E-state index in [1.165, 1.54) is 29.2 Å². The summed E-state index contributed by atoms with van der Waals surface area (Å²) in [6.07, 6.45) is 1.72. The van der Waals surface area contributed by atoms with Crippen molar-refractivity contribution in [2.75, 3.05) is 17.4 Å². The van der Waals surface area contributed by atoms with E-state index in [0.29, 0.717) is 6.54 Å². The maximum Gasteiger partial charge on any atom is 0.264 e. The lowest BCUT2D eigenvalue weighted by Gasteiger charge is -2.32. The molecule has 3 rings (SSSR count). The van der Waals surface area contributed by atoms with Crippen LogP contribution in [0.2, 0.25) is 10.0 Å². The van der Waals surface area contributed by atoms with Crippen LogP contribution in [0.3, 0.4) is 0 Å². The molecule has 0 radical (unpaired) electrons. The summed E-state index contributed by atoms with van der Waals surface area (Å²) in [5.74, 6) is -0.880. The van der Waals surface area contributed by atoms with Crippen molar-refractivity contribution in [3.8, 4) is 0 Å². The summed E-state index contributed by atoms with van der Waals surface area (Å²) in [5, 5.41) is 3.25. The fourth-order valence-electron chi connectivity index (χ4n) is 4.15. The third-order valence-corrected chi connectivity index (χ3v) is 8.83. The first-order valence-electron chi connectivity index (χ1n) is 13.1. The van der Waals surface area contributed by atoms with Crippen LogP contribution in [0.4, 0.5) is 5.69 Å². The number of amides is 2. The van der Waals surface area contributed by atoms with Gasteiger partial charge in [-0.1, -0.05) is 84.1 Å². The number of unbranched alkanes of at least 4 members (excludes halogenated alkanes) is 1. The minimum absolute atomic E-state index is 0.00228. The van der Waals surface area contributed by atoms with Crippen molar-refractivity contribution in [1.29, 1.82) is 0 Å². The van der Waals surface area contributed by atoms with E-state index >= 15 is 0 Å². The Labute approximate surface area is 247 Å². The van der Waals surface area contributed by atoms with Crippen LogP contribution in [-0.2, 0) is 26.2 Å². The van der Waals surface area contributed by atoms with Crippen molar-refractivity contribution in [3.63, 3.8) is 0 Å². The molecule has 3 aromatic rings. The van der Waals surface area contributed by atoms with Gasteiger partial charge >= 0.3 is 0 Å². The van der Waals surface area contributed by atoms with E-state index < -0.39 is 28.5 Å². The maximum absolute atomic E-state index is 14.0. The predicted molar refractivity (Wildman–Crippen MR) is 161 cm³/mol. The van der Waals surface area contributed by atoms with Gasteiger partial charge in [-0.15, -0.1) is 0 Å². The first-order chi connectivity index (χ1) is 18.9. The van der Waals surface area contributed by atoms with E-state index in [0.717, 1.165) is 33.8 Å². The highest BCUT2D eigenvalue weighted by Crippen LogP contribution is 2.33. The Morgan fingerprint density at radius 2 is 1.65 bits per heavy atom. The molecule has 7 nitrogen and oxygen atoms in total. The number of nitrogens with zero attached hydrogens (tertiary/aromatic N) is 2. The first kappa shape index (κ1) is 31.5. The van der Waals surface area contributed by atoms with Crippen LogP contribution in [0.5, 0.6) is 0 Å². The van der Waals surface area contributed by atoms with Crippen molar-refractivity contribution in [3.05, 3.63) is 93.5 Å². The van der Waals surface area contributed by atoms with Crippen LogP contribution >= 0.6 is 23.2 Å². The van der Waals surface area contributed by atoms with Gasteiger partial charge in [0.2, 0.25) is 11.8 Å². The molecular formula is C30H35Cl2N3O4S. The van der Waals surface area contributed by atoms with Crippen molar-refractivity contribution in [1.82, 2.24) is 10.2 Å². The molecule has 214 valence electrons. The Balaban J connectivity index is 2.04. The summed E-state index contributed by atoms with van der Waals surface area (Å²) >= 11 is 12.7. The number of carbonyl (C=O) groups excluding carboxylic acids is 2. The molecular weight excluding hydrogens is 569 g/mol. The van der Waals surface area contributed by atoms with Gasteiger partial charge in [0.15, 0.2) is 0 Å². The second-order valence-electron chi connectivity index (χ2n) is 9.75. The first-order valence-corrected chi connectivity index (χ1v) is 15.3. The molecule has 0 fully saturated rings. The van der Waals surface area contributed by atoms with E-state index in [1.54, 1.807) is 25.1 Å². The summed E-state index contributed by atoms with van der Waals surface area (Å²) in [7, 11) is -4.24. The Kier molecular flexibility index (Phi) is 11.0. The normalized spacial score (nSPS) is 12.1. The van der Waals surface area contributed by atoms with Crippen molar-refractivity contribution < 1.29 is 18.0 Å².